The van der Waals surface area contributed by atoms with Gasteiger partial charge in [-0.25, -0.2) is 9.67 Å². The minimum Gasteiger partial charge on any atom is -0.493 e. The maximum Gasteiger partial charge on any atom is 0.280 e. The molecular weight excluding hydrogens is 436 g/mol. The van der Waals surface area contributed by atoms with Crippen molar-refractivity contribution in [2.75, 3.05) is 25.3 Å². The first-order valence-electron chi connectivity index (χ1n) is 10.6. The first-order chi connectivity index (χ1) is 16.3. The van der Waals surface area contributed by atoms with Crippen molar-refractivity contribution in [3.8, 4) is 23.0 Å². The van der Waals surface area contributed by atoms with Crippen LogP contribution in [0, 0.1) is 20.8 Å². The summed E-state index contributed by atoms with van der Waals surface area (Å²) in [5.74, 6) is 1.89. The zero-order chi connectivity index (χ0) is 24.4. The third-order valence-electron chi connectivity index (χ3n) is 5.44. The molecule has 0 aliphatic rings. The molecule has 2 heterocycles. The summed E-state index contributed by atoms with van der Waals surface area (Å²) in [6.45, 7) is 5.91. The first kappa shape index (κ1) is 22.8. The summed E-state index contributed by atoms with van der Waals surface area (Å²) >= 11 is 0. The zero-order valence-electron chi connectivity index (χ0n) is 19.7. The van der Waals surface area contributed by atoms with Crippen molar-refractivity contribution < 1.29 is 18.7 Å². The normalized spacial score (nSPS) is 10.9. The predicted octanol–water partition coefficient (Wildman–Crippen LogP) is 3.76. The molecule has 2 aromatic carbocycles. The second-order valence-electron chi connectivity index (χ2n) is 7.85. The number of ether oxygens (including phenoxy) is 2. The number of methoxy groups -OCH3 is 2. The van der Waals surface area contributed by atoms with Crippen molar-refractivity contribution in [3.05, 3.63) is 64.7 Å². The van der Waals surface area contributed by atoms with Gasteiger partial charge < -0.3 is 24.9 Å². The Hall–Kier alpha value is -4.34. The van der Waals surface area contributed by atoms with Crippen LogP contribution in [0.1, 0.15) is 33.1 Å². The SMILES string of the molecule is COc1ccc(-c2nc(Cn3nnc(C(=O)Nc4ccc(C)cc4C)c3N)c(C)o2)cc1OC. The molecule has 34 heavy (non-hydrogen) atoms. The average Bonchev–Trinajstić information content (AvgIpc) is 3.37. The van der Waals surface area contributed by atoms with Gasteiger partial charge >= 0.3 is 0 Å². The first-order valence-corrected chi connectivity index (χ1v) is 10.6. The molecular formula is C24H26N6O4. The van der Waals surface area contributed by atoms with E-state index in [1.165, 1.54) is 4.68 Å². The Morgan fingerprint density at radius 1 is 1.09 bits per heavy atom. The third kappa shape index (κ3) is 4.42. The maximum atomic E-state index is 12.7. The number of hydrogen-bond acceptors (Lipinski definition) is 8. The van der Waals surface area contributed by atoms with Crippen LogP contribution in [0.4, 0.5) is 11.5 Å². The molecule has 10 nitrogen and oxygen atoms in total. The van der Waals surface area contributed by atoms with Crippen molar-refractivity contribution in [1.29, 1.82) is 0 Å². The highest BCUT2D eigenvalue weighted by molar-refractivity contribution is 6.06. The van der Waals surface area contributed by atoms with Gasteiger partial charge in [0.15, 0.2) is 23.0 Å². The summed E-state index contributed by atoms with van der Waals surface area (Å²) in [6.07, 6.45) is 0. The molecule has 10 heteroatoms. The van der Waals surface area contributed by atoms with Crippen molar-refractivity contribution >= 4 is 17.4 Å². The number of nitrogens with two attached hydrogens (primary N) is 1. The van der Waals surface area contributed by atoms with E-state index in [-0.39, 0.29) is 18.1 Å². The van der Waals surface area contributed by atoms with Crippen LogP contribution in [0.5, 0.6) is 11.5 Å². The molecule has 0 saturated carbocycles. The molecule has 0 aliphatic carbocycles. The molecule has 3 N–H and O–H groups in total. The van der Waals surface area contributed by atoms with Crippen LogP contribution in [0.2, 0.25) is 0 Å². The molecule has 0 aliphatic heterocycles. The van der Waals surface area contributed by atoms with Crippen LogP contribution >= 0.6 is 0 Å². The van der Waals surface area contributed by atoms with E-state index in [1.807, 2.05) is 38.1 Å². The number of hydrogen-bond donors (Lipinski definition) is 2. The molecule has 0 bridgehead atoms. The van der Waals surface area contributed by atoms with Gasteiger partial charge in [0, 0.05) is 11.3 Å². The van der Waals surface area contributed by atoms with E-state index >= 15 is 0 Å². The number of nitrogens with zero attached hydrogens (tertiary/aromatic N) is 4. The number of aromatic nitrogens is 4. The third-order valence-corrected chi connectivity index (χ3v) is 5.44. The number of nitrogens with one attached hydrogen (secondary N) is 1. The Bertz CT molecular complexity index is 1360. The smallest absolute Gasteiger partial charge is 0.280 e. The van der Waals surface area contributed by atoms with Crippen LogP contribution in [0.25, 0.3) is 11.5 Å². The van der Waals surface area contributed by atoms with Crippen LogP contribution in [-0.2, 0) is 6.54 Å². The number of oxazole rings is 1. The van der Waals surface area contributed by atoms with Gasteiger partial charge in [-0.15, -0.1) is 5.10 Å². The van der Waals surface area contributed by atoms with Crippen molar-refractivity contribution in [2.24, 2.45) is 0 Å². The molecule has 1 amide bonds. The van der Waals surface area contributed by atoms with Crippen molar-refractivity contribution in [3.63, 3.8) is 0 Å². The topological polar surface area (TPSA) is 130 Å². The molecule has 4 rings (SSSR count). The lowest BCUT2D eigenvalue weighted by Crippen LogP contribution is -2.16. The Kier molecular flexibility index (Phi) is 6.22. The Balaban J connectivity index is 1.54. The van der Waals surface area contributed by atoms with Crippen LogP contribution in [0.3, 0.4) is 0 Å². The Morgan fingerprint density at radius 2 is 1.85 bits per heavy atom. The van der Waals surface area contributed by atoms with Crippen LogP contribution in [0.15, 0.2) is 40.8 Å². The van der Waals surface area contributed by atoms with Gasteiger partial charge in [-0.2, -0.15) is 0 Å². The van der Waals surface area contributed by atoms with Gasteiger partial charge in [0.25, 0.3) is 5.91 Å². The second-order valence-corrected chi connectivity index (χ2v) is 7.85. The number of carbonyl (C=O) groups is 1. The molecule has 0 radical (unpaired) electrons. The van der Waals surface area contributed by atoms with Gasteiger partial charge in [0.1, 0.15) is 11.5 Å². The van der Waals surface area contributed by atoms with Crippen LogP contribution < -0.4 is 20.5 Å². The van der Waals surface area contributed by atoms with E-state index in [9.17, 15) is 4.79 Å². The lowest BCUT2D eigenvalue weighted by atomic mass is 10.1. The second kappa shape index (κ2) is 9.26. The molecule has 2 aromatic heterocycles. The number of anilines is 2. The van der Waals surface area contributed by atoms with E-state index in [2.05, 4.69) is 20.6 Å². The fourth-order valence-corrected chi connectivity index (χ4v) is 3.54. The van der Waals surface area contributed by atoms with E-state index in [0.717, 1.165) is 16.7 Å². The quantitative estimate of drug-likeness (QED) is 0.425. The summed E-state index contributed by atoms with van der Waals surface area (Å²) in [5.41, 5.74) is 10.3. The fourth-order valence-electron chi connectivity index (χ4n) is 3.54. The lowest BCUT2D eigenvalue weighted by molar-refractivity contribution is 0.102. The summed E-state index contributed by atoms with van der Waals surface area (Å²) in [4.78, 5) is 17.3. The largest absolute Gasteiger partial charge is 0.493 e. The van der Waals surface area contributed by atoms with Gasteiger partial charge in [-0.3, -0.25) is 4.79 Å². The number of aryl methyl sites for hydroxylation is 3. The number of nitrogen functional groups attached to an aromatic ring is 1. The zero-order valence-corrected chi connectivity index (χ0v) is 19.7. The lowest BCUT2D eigenvalue weighted by Gasteiger charge is -2.08. The van der Waals surface area contributed by atoms with E-state index < -0.39 is 5.91 Å². The molecule has 0 unspecified atom stereocenters. The van der Waals surface area contributed by atoms with E-state index in [1.54, 1.807) is 33.3 Å². The number of amides is 1. The van der Waals surface area contributed by atoms with Gasteiger partial charge in [0.05, 0.1) is 20.8 Å². The summed E-state index contributed by atoms with van der Waals surface area (Å²) in [5, 5.41) is 10.9. The highest BCUT2D eigenvalue weighted by Crippen LogP contribution is 2.32. The molecule has 0 fully saturated rings. The van der Waals surface area contributed by atoms with Crippen molar-refractivity contribution in [1.82, 2.24) is 20.0 Å². The van der Waals surface area contributed by atoms with Gasteiger partial charge in [-0.1, -0.05) is 22.9 Å². The summed E-state index contributed by atoms with van der Waals surface area (Å²) in [6, 6.07) is 11.1. The Morgan fingerprint density at radius 3 is 2.56 bits per heavy atom. The number of carbonyl (C=O) groups excluding carboxylic acids is 1. The average molecular weight is 463 g/mol. The standard InChI is InChI=1S/C24H26N6O4/c1-13-6-8-17(14(2)10-13)26-23(31)21-22(25)30(29-28-21)12-18-15(3)34-24(27-18)16-7-9-19(32-4)20(11-16)33-5/h6-11H,12,25H2,1-5H3,(H,26,31). The summed E-state index contributed by atoms with van der Waals surface area (Å²) in [7, 11) is 3.14. The number of rotatable bonds is 7. The highest BCUT2D eigenvalue weighted by Gasteiger charge is 2.21. The fraction of sp³-hybridized carbons (Fsp3) is 0.250. The molecule has 0 spiro atoms. The number of benzene rings is 2. The minimum absolute atomic E-state index is 0.0428. The van der Waals surface area contributed by atoms with E-state index in [4.69, 9.17) is 19.6 Å². The monoisotopic (exact) mass is 462 g/mol. The highest BCUT2D eigenvalue weighted by atomic mass is 16.5. The molecule has 176 valence electrons. The van der Waals surface area contributed by atoms with E-state index in [0.29, 0.717) is 34.5 Å². The van der Waals surface area contributed by atoms with Crippen molar-refractivity contribution in [2.45, 2.75) is 27.3 Å². The maximum absolute atomic E-state index is 12.7. The van der Waals surface area contributed by atoms with Gasteiger partial charge in [-0.05, 0) is 50.6 Å². The molecule has 0 atom stereocenters. The molecule has 4 aromatic rings. The van der Waals surface area contributed by atoms with Crippen LogP contribution in [-0.4, -0.2) is 40.1 Å². The predicted molar refractivity (Wildman–Crippen MR) is 127 cm³/mol. The Labute approximate surface area is 196 Å². The van der Waals surface area contributed by atoms with Gasteiger partial charge in [0.2, 0.25) is 5.89 Å². The minimum atomic E-state index is -0.432. The molecule has 0 saturated heterocycles. The summed E-state index contributed by atoms with van der Waals surface area (Å²) < 4.78 is 17.9.